The van der Waals surface area contributed by atoms with Crippen LogP contribution in [0, 0.1) is 0 Å². The summed E-state index contributed by atoms with van der Waals surface area (Å²) in [7, 11) is -3.04. The Morgan fingerprint density at radius 2 is 2.06 bits per heavy atom. The van der Waals surface area contributed by atoms with E-state index in [1.807, 2.05) is 0 Å². The van der Waals surface area contributed by atoms with E-state index < -0.39 is 13.7 Å². The number of Topliss-reactive ketones (excluding diaryl/α,β-unsaturated/α-hetero) is 1. The van der Waals surface area contributed by atoms with E-state index in [9.17, 15) is 9.36 Å². The molecule has 0 radical (unpaired) electrons. The van der Waals surface area contributed by atoms with Crippen molar-refractivity contribution < 1.29 is 23.2 Å². The Bertz CT molecular complexity index is 358. The summed E-state index contributed by atoms with van der Waals surface area (Å²) in [6.45, 7) is 5.70. The highest BCUT2D eigenvalue weighted by Gasteiger charge is 2.29. The number of carbonyl (C=O) groups is 1. The third kappa shape index (κ3) is 4.52. The number of carbonyl (C=O) groups excluding carboxylic acids is 1. The van der Waals surface area contributed by atoms with E-state index in [0.29, 0.717) is 26.1 Å². The minimum absolute atomic E-state index is 0.0495. The van der Waals surface area contributed by atoms with Gasteiger partial charge in [-0.3, -0.25) is 9.36 Å². The summed E-state index contributed by atoms with van der Waals surface area (Å²) in [5.41, 5.74) is 0.731. The first-order chi connectivity index (χ1) is 8.50. The Labute approximate surface area is 107 Å². The average molecular weight is 277 g/mol. The zero-order chi connectivity index (χ0) is 13.6. The fraction of sp³-hybridized carbons (Fsp3) is 0.818. The molecule has 0 aromatic carbocycles. The topological polar surface area (TPSA) is 74.2 Å². The van der Waals surface area contributed by atoms with E-state index in [-0.39, 0.29) is 11.9 Å². The molecule has 0 saturated heterocycles. The van der Waals surface area contributed by atoms with Crippen LogP contribution >= 0.6 is 7.60 Å². The molecule has 0 saturated carbocycles. The van der Waals surface area contributed by atoms with Crippen molar-refractivity contribution in [3.8, 4) is 0 Å². The third-order valence-corrected chi connectivity index (χ3v) is 4.58. The summed E-state index contributed by atoms with van der Waals surface area (Å²) in [6, 6.07) is 0. The highest BCUT2D eigenvalue weighted by Crippen LogP contribution is 2.48. The molecule has 0 aromatic heterocycles. The maximum Gasteiger partial charge on any atom is 0.331 e. The highest BCUT2D eigenvalue weighted by molar-refractivity contribution is 7.53. The molecule has 7 heteroatoms. The lowest BCUT2D eigenvalue weighted by Gasteiger charge is -2.16. The van der Waals surface area contributed by atoms with Crippen LogP contribution in [0.4, 0.5) is 0 Å². The predicted octanol–water partition coefficient (Wildman–Crippen LogP) is 2.38. The summed E-state index contributed by atoms with van der Waals surface area (Å²) >= 11 is 0. The van der Waals surface area contributed by atoms with E-state index in [2.05, 4.69) is 5.16 Å². The quantitative estimate of drug-likeness (QED) is 0.637. The molecule has 0 spiro atoms. The van der Waals surface area contributed by atoms with Crippen molar-refractivity contribution in [3.05, 3.63) is 0 Å². The fourth-order valence-corrected chi connectivity index (χ4v) is 3.27. The fourth-order valence-electron chi connectivity index (χ4n) is 1.62. The Morgan fingerprint density at radius 3 is 2.50 bits per heavy atom. The lowest BCUT2D eigenvalue weighted by atomic mass is 10.1. The lowest BCUT2D eigenvalue weighted by Crippen LogP contribution is -2.17. The number of hydrogen-bond donors (Lipinski definition) is 0. The molecule has 0 bridgehead atoms. The van der Waals surface area contributed by atoms with Gasteiger partial charge in [-0.05, 0) is 20.8 Å². The summed E-state index contributed by atoms with van der Waals surface area (Å²) < 4.78 is 22.5. The van der Waals surface area contributed by atoms with E-state index in [0.717, 1.165) is 5.71 Å². The number of nitrogens with zero attached hydrogens (tertiary/aromatic N) is 1. The van der Waals surface area contributed by atoms with Crippen LogP contribution in [0.1, 0.15) is 33.6 Å². The second kappa shape index (κ2) is 7.02. The molecule has 0 N–H and O–H groups in total. The van der Waals surface area contributed by atoms with Gasteiger partial charge in [-0.25, -0.2) is 0 Å². The molecule has 1 rings (SSSR count). The second-order valence-corrected chi connectivity index (χ2v) is 6.17. The number of hydrogen-bond acceptors (Lipinski definition) is 6. The van der Waals surface area contributed by atoms with Gasteiger partial charge in [-0.1, -0.05) is 5.16 Å². The molecule has 0 aromatic rings. The molecular formula is C11H20NO5P. The molecule has 1 atom stereocenters. The molecule has 1 unspecified atom stereocenters. The first-order valence-corrected chi connectivity index (χ1v) is 7.83. The number of rotatable bonds is 8. The first-order valence-electron chi connectivity index (χ1n) is 6.11. The molecule has 0 aliphatic carbocycles. The molecular weight excluding hydrogens is 257 g/mol. The number of oxime groups is 1. The van der Waals surface area contributed by atoms with Gasteiger partial charge < -0.3 is 13.9 Å². The summed E-state index contributed by atoms with van der Waals surface area (Å²) in [6.07, 6.45) is 0.703. The molecule has 1 aliphatic heterocycles. The van der Waals surface area contributed by atoms with Crippen LogP contribution in [-0.4, -0.2) is 37.0 Å². The summed E-state index contributed by atoms with van der Waals surface area (Å²) in [5, 5.41) is 3.83. The Balaban J connectivity index is 2.44. The van der Waals surface area contributed by atoms with Gasteiger partial charge in [0.05, 0.1) is 25.1 Å². The zero-order valence-corrected chi connectivity index (χ0v) is 11.9. The summed E-state index contributed by atoms with van der Waals surface area (Å²) in [5.74, 6) is -0.0495. The molecule has 0 amide bonds. The largest absolute Gasteiger partial charge is 0.384 e. The molecule has 1 aliphatic rings. The minimum Gasteiger partial charge on any atom is -0.384 e. The summed E-state index contributed by atoms with van der Waals surface area (Å²) in [4.78, 5) is 16.1. The Hall–Kier alpha value is -0.710. The van der Waals surface area contributed by atoms with Gasteiger partial charge >= 0.3 is 7.60 Å². The van der Waals surface area contributed by atoms with Crippen LogP contribution in [0.25, 0.3) is 0 Å². The zero-order valence-electron chi connectivity index (χ0n) is 11.0. The second-order valence-electron chi connectivity index (χ2n) is 3.99. The van der Waals surface area contributed by atoms with Crippen molar-refractivity contribution >= 4 is 19.1 Å². The maximum absolute atomic E-state index is 12.2. The monoisotopic (exact) mass is 277 g/mol. The van der Waals surface area contributed by atoms with Crippen LogP contribution < -0.4 is 0 Å². The molecule has 0 fully saturated rings. The molecule has 1 heterocycles. The van der Waals surface area contributed by atoms with Crippen molar-refractivity contribution in [1.29, 1.82) is 0 Å². The van der Waals surface area contributed by atoms with Crippen LogP contribution in [-0.2, 0) is 23.2 Å². The smallest absolute Gasteiger partial charge is 0.331 e. The van der Waals surface area contributed by atoms with Crippen molar-refractivity contribution in [3.63, 3.8) is 0 Å². The van der Waals surface area contributed by atoms with Crippen molar-refractivity contribution in [2.75, 3.05) is 19.4 Å². The average Bonchev–Trinajstić information content (AvgIpc) is 2.76. The van der Waals surface area contributed by atoms with Gasteiger partial charge in [-0.15, -0.1) is 0 Å². The first kappa shape index (κ1) is 15.3. The van der Waals surface area contributed by atoms with Crippen molar-refractivity contribution in [1.82, 2.24) is 0 Å². The van der Waals surface area contributed by atoms with Gasteiger partial charge in [0.1, 0.15) is 0 Å². The van der Waals surface area contributed by atoms with Gasteiger partial charge in [0.25, 0.3) is 0 Å². The minimum atomic E-state index is -3.04. The van der Waals surface area contributed by atoms with Gasteiger partial charge in [0.2, 0.25) is 0 Å². The van der Waals surface area contributed by atoms with Gasteiger partial charge in [0.15, 0.2) is 11.9 Å². The molecule has 18 heavy (non-hydrogen) atoms. The standard InChI is InChI=1S/C11H20NO5P/c1-4-15-18(14,16-5-2)7-6-10-8-11(9(3)13)17-12-10/h11H,4-8H2,1-3H3. The van der Waals surface area contributed by atoms with E-state index in [1.54, 1.807) is 13.8 Å². The SMILES string of the molecule is CCOP(=O)(CCC1=NOC(C(C)=O)C1)OCC. The normalized spacial score (nSPS) is 19.5. The Morgan fingerprint density at radius 1 is 1.44 bits per heavy atom. The van der Waals surface area contributed by atoms with E-state index in [1.165, 1.54) is 6.92 Å². The van der Waals surface area contributed by atoms with Crippen LogP contribution in [0.5, 0.6) is 0 Å². The van der Waals surface area contributed by atoms with E-state index in [4.69, 9.17) is 13.9 Å². The Kier molecular flexibility index (Phi) is 5.99. The highest BCUT2D eigenvalue weighted by atomic mass is 31.2. The number of ketones is 1. The van der Waals surface area contributed by atoms with Crippen LogP contribution in [0.15, 0.2) is 5.16 Å². The third-order valence-electron chi connectivity index (χ3n) is 2.51. The predicted molar refractivity (Wildman–Crippen MR) is 67.9 cm³/mol. The van der Waals surface area contributed by atoms with Gasteiger partial charge in [-0.2, -0.15) is 0 Å². The lowest BCUT2D eigenvalue weighted by molar-refractivity contribution is -0.126. The molecule has 104 valence electrons. The van der Waals surface area contributed by atoms with Gasteiger partial charge in [0, 0.05) is 12.8 Å². The van der Waals surface area contributed by atoms with Crippen molar-refractivity contribution in [2.24, 2.45) is 5.16 Å². The van der Waals surface area contributed by atoms with Crippen molar-refractivity contribution in [2.45, 2.75) is 39.7 Å². The van der Waals surface area contributed by atoms with Crippen LogP contribution in [0.3, 0.4) is 0 Å². The van der Waals surface area contributed by atoms with E-state index >= 15 is 0 Å². The maximum atomic E-state index is 12.2. The van der Waals surface area contributed by atoms with Crippen LogP contribution in [0.2, 0.25) is 0 Å². The molecule has 6 nitrogen and oxygen atoms in total.